The summed E-state index contributed by atoms with van der Waals surface area (Å²) in [7, 11) is 0. The lowest BCUT2D eigenvalue weighted by Gasteiger charge is -2.20. The van der Waals surface area contributed by atoms with Gasteiger partial charge in [0.2, 0.25) is 0 Å². The van der Waals surface area contributed by atoms with Gasteiger partial charge >= 0.3 is 0 Å². The summed E-state index contributed by atoms with van der Waals surface area (Å²) in [6, 6.07) is 15.6. The van der Waals surface area contributed by atoms with Crippen molar-refractivity contribution in [3.8, 4) is 5.75 Å². The molecule has 0 bridgehead atoms. The van der Waals surface area contributed by atoms with E-state index >= 15 is 0 Å². The number of fused-ring (bicyclic) bond motifs is 1. The molecule has 0 aliphatic rings. The molecule has 0 spiro atoms. The standard InChI is InChI=1S/C22H28N2O3/c1-15(25)21-23-19-7-5-6-8-20(19)24(21)13-17(26)14-27-18-11-9-16(10-12-18)22(2,3)4/h5-12,15,17,25-26H,13-14H2,1-4H3/t15-,17+/m1/s1. The van der Waals surface area contributed by atoms with Crippen LogP contribution in [0.3, 0.4) is 0 Å². The van der Waals surface area contributed by atoms with Crippen LogP contribution in [0.1, 0.15) is 45.2 Å². The fourth-order valence-corrected chi connectivity index (χ4v) is 3.11. The lowest BCUT2D eigenvalue weighted by Crippen LogP contribution is -2.25. The number of hydrogen-bond donors (Lipinski definition) is 2. The van der Waals surface area contributed by atoms with E-state index in [0.717, 1.165) is 16.8 Å². The summed E-state index contributed by atoms with van der Waals surface area (Å²) in [6.45, 7) is 8.66. The summed E-state index contributed by atoms with van der Waals surface area (Å²) in [4.78, 5) is 4.48. The van der Waals surface area contributed by atoms with Gasteiger partial charge in [-0.3, -0.25) is 0 Å². The maximum atomic E-state index is 10.5. The first-order valence-corrected chi connectivity index (χ1v) is 9.30. The Morgan fingerprint density at radius 2 is 1.70 bits per heavy atom. The van der Waals surface area contributed by atoms with Gasteiger partial charge in [-0.25, -0.2) is 4.98 Å². The highest BCUT2D eigenvalue weighted by Gasteiger charge is 2.18. The molecular weight excluding hydrogens is 340 g/mol. The maximum Gasteiger partial charge on any atom is 0.138 e. The zero-order valence-electron chi connectivity index (χ0n) is 16.4. The van der Waals surface area contributed by atoms with Crippen molar-refractivity contribution in [2.24, 2.45) is 0 Å². The molecule has 0 radical (unpaired) electrons. The second kappa shape index (κ2) is 7.71. The number of para-hydroxylation sites is 2. The average molecular weight is 368 g/mol. The summed E-state index contributed by atoms with van der Waals surface area (Å²) in [5, 5.41) is 20.5. The van der Waals surface area contributed by atoms with Crippen molar-refractivity contribution in [3.05, 3.63) is 59.9 Å². The number of rotatable bonds is 6. The third-order valence-corrected chi connectivity index (χ3v) is 4.61. The third kappa shape index (κ3) is 4.49. The van der Waals surface area contributed by atoms with E-state index in [9.17, 15) is 10.2 Å². The molecular formula is C22H28N2O3. The van der Waals surface area contributed by atoms with Gasteiger partial charge in [-0.15, -0.1) is 0 Å². The molecule has 2 aromatic carbocycles. The van der Waals surface area contributed by atoms with E-state index in [2.05, 4.69) is 37.9 Å². The molecule has 2 atom stereocenters. The first-order chi connectivity index (χ1) is 12.8. The molecule has 0 aliphatic carbocycles. The van der Waals surface area contributed by atoms with E-state index in [4.69, 9.17) is 4.74 Å². The quantitative estimate of drug-likeness (QED) is 0.694. The molecule has 0 amide bonds. The maximum absolute atomic E-state index is 10.5. The van der Waals surface area contributed by atoms with Crippen LogP contribution in [0.15, 0.2) is 48.5 Å². The molecule has 5 heteroatoms. The van der Waals surface area contributed by atoms with Crippen LogP contribution in [-0.4, -0.2) is 32.5 Å². The highest BCUT2D eigenvalue weighted by molar-refractivity contribution is 5.76. The normalized spacial score (nSPS) is 14.3. The molecule has 27 heavy (non-hydrogen) atoms. The lowest BCUT2D eigenvalue weighted by atomic mass is 9.87. The molecule has 3 rings (SSSR count). The molecule has 1 heterocycles. The number of benzene rings is 2. The minimum Gasteiger partial charge on any atom is -0.491 e. The van der Waals surface area contributed by atoms with Crippen molar-refractivity contribution in [1.82, 2.24) is 9.55 Å². The third-order valence-electron chi connectivity index (χ3n) is 4.61. The Bertz CT molecular complexity index is 892. The largest absolute Gasteiger partial charge is 0.491 e. The van der Waals surface area contributed by atoms with Crippen LogP contribution in [-0.2, 0) is 12.0 Å². The Kier molecular flexibility index (Phi) is 5.53. The zero-order valence-corrected chi connectivity index (χ0v) is 16.4. The SMILES string of the molecule is C[C@@H](O)c1nc2ccccc2n1C[C@H](O)COc1ccc(C(C)(C)C)cc1. The van der Waals surface area contributed by atoms with Crippen LogP contribution < -0.4 is 4.74 Å². The van der Waals surface area contributed by atoms with Crippen molar-refractivity contribution in [2.75, 3.05) is 6.61 Å². The summed E-state index contributed by atoms with van der Waals surface area (Å²) >= 11 is 0. The second-order valence-corrected chi connectivity index (χ2v) is 7.98. The number of aromatic nitrogens is 2. The molecule has 0 aliphatic heterocycles. The van der Waals surface area contributed by atoms with E-state index in [1.807, 2.05) is 41.0 Å². The molecule has 2 N–H and O–H groups in total. The van der Waals surface area contributed by atoms with Crippen LogP contribution >= 0.6 is 0 Å². The lowest BCUT2D eigenvalue weighted by molar-refractivity contribution is 0.0895. The Labute approximate surface area is 160 Å². The summed E-state index contributed by atoms with van der Waals surface area (Å²) in [5.74, 6) is 1.28. The monoisotopic (exact) mass is 368 g/mol. The van der Waals surface area contributed by atoms with Gasteiger partial charge in [0.15, 0.2) is 0 Å². The van der Waals surface area contributed by atoms with E-state index in [-0.39, 0.29) is 12.0 Å². The number of hydrogen-bond acceptors (Lipinski definition) is 4. The van der Waals surface area contributed by atoms with Crippen molar-refractivity contribution in [3.63, 3.8) is 0 Å². The number of nitrogens with zero attached hydrogens (tertiary/aromatic N) is 2. The summed E-state index contributed by atoms with van der Waals surface area (Å²) < 4.78 is 7.61. The molecule has 0 saturated carbocycles. The predicted octanol–water partition coefficient (Wildman–Crippen LogP) is 3.83. The molecule has 1 aromatic heterocycles. The Morgan fingerprint density at radius 3 is 2.33 bits per heavy atom. The van der Waals surface area contributed by atoms with Gasteiger partial charge in [0.1, 0.15) is 30.4 Å². The van der Waals surface area contributed by atoms with Crippen LogP contribution in [0.4, 0.5) is 0 Å². The zero-order chi connectivity index (χ0) is 19.6. The second-order valence-electron chi connectivity index (χ2n) is 7.98. The van der Waals surface area contributed by atoms with E-state index < -0.39 is 12.2 Å². The first-order valence-electron chi connectivity index (χ1n) is 9.30. The van der Waals surface area contributed by atoms with Gasteiger partial charge < -0.3 is 19.5 Å². The predicted molar refractivity (Wildman–Crippen MR) is 107 cm³/mol. The number of aliphatic hydroxyl groups excluding tert-OH is 2. The first kappa shape index (κ1) is 19.4. The fourth-order valence-electron chi connectivity index (χ4n) is 3.11. The van der Waals surface area contributed by atoms with Crippen molar-refractivity contribution >= 4 is 11.0 Å². The highest BCUT2D eigenvalue weighted by atomic mass is 16.5. The van der Waals surface area contributed by atoms with Crippen molar-refractivity contribution in [2.45, 2.75) is 51.9 Å². The average Bonchev–Trinajstić information content (AvgIpc) is 2.98. The minimum absolute atomic E-state index is 0.0952. The molecule has 0 saturated heterocycles. The topological polar surface area (TPSA) is 67.5 Å². The van der Waals surface area contributed by atoms with Crippen LogP contribution in [0.5, 0.6) is 5.75 Å². The van der Waals surface area contributed by atoms with Gasteiger partial charge in [0.05, 0.1) is 17.6 Å². The van der Waals surface area contributed by atoms with Gasteiger partial charge in [-0.2, -0.15) is 0 Å². The van der Waals surface area contributed by atoms with Crippen LogP contribution in [0.2, 0.25) is 0 Å². The Balaban J connectivity index is 1.68. The van der Waals surface area contributed by atoms with E-state index in [1.165, 1.54) is 5.56 Å². The van der Waals surface area contributed by atoms with Crippen LogP contribution in [0, 0.1) is 0 Å². The molecule has 0 fully saturated rings. The molecule has 144 valence electrons. The van der Waals surface area contributed by atoms with Gasteiger partial charge in [0, 0.05) is 0 Å². The Morgan fingerprint density at radius 1 is 1.04 bits per heavy atom. The Hall–Kier alpha value is -2.37. The smallest absolute Gasteiger partial charge is 0.138 e. The number of ether oxygens (including phenoxy) is 1. The van der Waals surface area contributed by atoms with Crippen molar-refractivity contribution < 1.29 is 14.9 Å². The van der Waals surface area contributed by atoms with Crippen LogP contribution in [0.25, 0.3) is 11.0 Å². The molecule has 5 nitrogen and oxygen atoms in total. The fraction of sp³-hybridized carbons (Fsp3) is 0.409. The molecule has 0 unspecified atom stereocenters. The molecule has 3 aromatic rings. The van der Waals surface area contributed by atoms with Gasteiger partial charge in [-0.1, -0.05) is 45.0 Å². The van der Waals surface area contributed by atoms with E-state index in [1.54, 1.807) is 6.92 Å². The number of aliphatic hydroxyl groups is 2. The van der Waals surface area contributed by atoms with Gasteiger partial charge in [-0.05, 0) is 42.2 Å². The number of imidazole rings is 1. The van der Waals surface area contributed by atoms with Gasteiger partial charge in [0.25, 0.3) is 0 Å². The highest BCUT2D eigenvalue weighted by Crippen LogP contribution is 2.25. The van der Waals surface area contributed by atoms with E-state index in [0.29, 0.717) is 12.4 Å². The van der Waals surface area contributed by atoms with Crippen molar-refractivity contribution in [1.29, 1.82) is 0 Å². The summed E-state index contributed by atoms with van der Waals surface area (Å²) in [5.41, 5.74) is 3.03. The minimum atomic E-state index is -0.720. The summed E-state index contributed by atoms with van der Waals surface area (Å²) in [6.07, 6.45) is -1.43.